The number of hydrogen-bond donors (Lipinski definition) is 0. The molecular weight excluding hydrogens is 221 g/mol. The van der Waals surface area contributed by atoms with Gasteiger partial charge in [-0.15, -0.1) is 0 Å². The summed E-state index contributed by atoms with van der Waals surface area (Å²) in [5.41, 5.74) is -0.0718. The van der Waals surface area contributed by atoms with Crippen molar-refractivity contribution in [1.29, 1.82) is 0 Å². The topological polar surface area (TPSA) is 78.7 Å². The fraction of sp³-hybridized carbons (Fsp3) is 0.250. The second-order valence-electron chi connectivity index (χ2n) is 2.64. The lowest BCUT2D eigenvalue weighted by Crippen LogP contribution is -2.07. The van der Waals surface area contributed by atoms with Crippen LogP contribution >= 0.6 is 7.60 Å². The standard InChI is InChI=1S/C8H10NO5P/c1-13-15(12,14-2)8-5-3-7(4-6-8)9(10)11/h3-6H,1-2H3. The summed E-state index contributed by atoms with van der Waals surface area (Å²) in [5, 5.41) is 10.7. The fourth-order valence-corrected chi connectivity index (χ4v) is 2.13. The quantitative estimate of drug-likeness (QED) is 0.447. The van der Waals surface area contributed by atoms with E-state index in [1.807, 2.05) is 0 Å². The fourth-order valence-electron chi connectivity index (χ4n) is 1.04. The Morgan fingerprint density at radius 1 is 1.20 bits per heavy atom. The molecule has 0 radical (unpaired) electrons. The van der Waals surface area contributed by atoms with Crippen molar-refractivity contribution >= 4 is 18.6 Å². The largest absolute Gasteiger partial charge is 0.360 e. The first-order valence-electron chi connectivity index (χ1n) is 4.00. The minimum Gasteiger partial charge on any atom is -0.309 e. The summed E-state index contributed by atoms with van der Waals surface area (Å²) in [7, 11) is -0.795. The molecule has 0 aliphatic carbocycles. The van der Waals surface area contributed by atoms with E-state index in [4.69, 9.17) is 9.05 Å². The third-order valence-electron chi connectivity index (χ3n) is 1.86. The lowest BCUT2D eigenvalue weighted by atomic mass is 10.3. The highest BCUT2D eigenvalue weighted by Gasteiger charge is 2.24. The van der Waals surface area contributed by atoms with Gasteiger partial charge in [0.05, 0.1) is 10.2 Å². The summed E-state index contributed by atoms with van der Waals surface area (Å²) < 4.78 is 21.3. The van der Waals surface area contributed by atoms with Crippen molar-refractivity contribution in [2.45, 2.75) is 0 Å². The Bertz CT molecular complexity index is 394. The van der Waals surface area contributed by atoms with E-state index in [1.165, 1.54) is 38.5 Å². The molecule has 1 aromatic rings. The van der Waals surface area contributed by atoms with Gasteiger partial charge in [-0.2, -0.15) is 0 Å². The molecule has 82 valence electrons. The van der Waals surface area contributed by atoms with Gasteiger partial charge in [0.2, 0.25) is 0 Å². The molecule has 15 heavy (non-hydrogen) atoms. The molecule has 0 aliphatic heterocycles. The molecule has 0 saturated carbocycles. The Labute approximate surface area is 86.5 Å². The molecule has 0 spiro atoms. The molecule has 0 N–H and O–H groups in total. The Hall–Kier alpha value is -1.23. The van der Waals surface area contributed by atoms with Crippen molar-refractivity contribution < 1.29 is 18.5 Å². The second kappa shape index (κ2) is 4.53. The van der Waals surface area contributed by atoms with E-state index in [0.29, 0.717) is 0 Å². The SMILES string of the molecule is COP(=O)(OC)c1ccc([N+](=O)[O-])cc1. The van der Waals surface area contributed by atoms with Crippen LogP contribution in [0, 0.1) is 10.1 Å². The van der Waals surface area contributed by atoms with E-state index in [0.717, 1.165) is 0 Å². The molecule has 0 heterocycles. The van der Waals surface area contributed by atoms with Gasteiger partial charge in [0.1, 0.15) is 0 Å². The van der Waals surface area contributed by atoms with Crippen molar-refractivity contribution in [3.05, 3.63) is 34.4 Å². The zero-order valence-electron chi connectivity index (χ0n) is 8.25. The first-order chi connectivity index (χ1) is 7.03. The van der Waals surface area contributed by atoms with Crippen LogP contribution in [-0.2, 0) is 13.6 Å². The van der Waals surface area contributed by atoms with Gasteiger partial charge < -0.3 is 9.05 Å². The van der Waals surface area contributed by atoms with Gasteiger partial charge in [-0.05, 0) is 12.1 Å². The molecule has 0 saturated heterocycles. The molecule has 0 aromatic heterocycles. The molecule has 7 heteroatoms. The lowest BCUT2D eigenvalue weighted by Gasteiger charge is -2.12. The van der Waals surface area contributed by atoms with Gasteiger partial charge >= 0.3 is 7.60 Å². The Morgan fingerprint density at radius 3 is 2.00 bits per heavy atom. The molecule has 0 aliphatic rings. The minimum absolute atomic E-state index is 0.0718. The smallest absolute Gasteiger partial charge is 0.309 e. The number of hydrogen-bond acceptors (Lipinski definition) is 5. The Balaban J connectivity index is 3.08. The van der Waals surface area contributed by atoms with Crippen LogP contribution in [0.2, 0.25) is 0 Å². The first-order valence-corrected chi connectivity index (χ1v) is 5.54. The molecule has 0 amide bonds. The van der Waals surface area contributed by atoms with E-state index in [9.17, 15) is 14.7 Å². The van der Waals surface area contributed by atoms with Crippen molar-refractivity contribution in [3.8, 4) is 0 Å². The molecular formula is C8H10NO5P. The molecule has 0 bridgehead atoms. The number of nitrogens with zero attached hydrogens (tertiary/aromatic N) is 1. The Kier molecular flexibility index (Phi) is 3.57. The Morgan fingerprint density at radius 2 is 1.67 bits per heavy atom. The normalized spacial score (nSPS) is 11.3. The average Bonchev–Trinajstić information content (AvgIpc) is 2.28. The third-order valence-corrected chi connectivity index (χ3v) is 3.75. The van der Waals surface area contributed by atoms with E-state index in [1.54, 1.807) is 0 Å². The van der Waals surface area contributed by atoms with Crippen LogP contribution in [0.1, 0.15) is 0 Å². The third kappa shape index (κ3) is 2.41. The maximum absolute atomic E-state index is 11.8. The highest BCUT2D eigenvalue weighted by Crippen LogP contribution is 2.45. The van der Waals surface area contributed by atoms with Crippen LogP contribution in [-0.4, -0.2) is 19.1 Å². The monoisotopic (exact) mass is 231 g/mol. The second-order valence-corrected chi connectivity index (χ2v) is 4.88. The van der Waals surface area contributed by atoms with Crippen molar-refractivity contribution in [1.82, 2.24) is 0 Å². The summed E-state index contributed by atoms with van der Waals surface area (Å²) in [5.74, 6) is 0. The molecule has 0 unspecified atom stereocenters. The number of benzene rings is 1. The molecule has 6 nitrogen and oxygen atoms in total. The van der Waals surface area contributed by atoms with E-state index < -0.39 is 12.5 Å². The van der Waals surface area contributed by atoms with Gasteiger partial charge in [0, 0.05) is 26.4 Å². The predicted octanol–water partition coefficient (Wildman–Crippen LogP) is 1.71. The van der Waals surface area contributed by atoms with Gasteiger partial charge in [-0.25, -0.2) is 0 Å². The number of nitro groups is 1. The predicted molar refractivity (Wildman–Crippen MR) is 54.4 cm³/mol. The summed E-state index contributed by atoms with van der Waals surface area (Å²) in [6.07, 6.45) is 0. The highest BCUT2D eigenvalue weighted by atomic mass is 31.2. The van der Waals surface area contributed by atoms with Crippen LogP contribution in [0.15, 0.2) is 24.3 Å². The van der Waals surface area contributed by atoms with Crippen LogP contribution in [0.25, 0.3) is 0 Å². The van der Waals surface area contributed by atoms with E-state index in [-0.39, 0.29) is 11.0 Å². The average molecular weight is 231 g/mol. The minimum atomic E-state index is -3.31. The zero-order valence-corrected chi connectivity index (χ0v) is 9.14. The molecule has 1 aromatic carbocycles. The molecule has 0 fully saturated rings. The van der Waals surface area contributed by atoms with E-state index in [2.05, 4.69) is 0 Å². The van der Waals surface area contributed by atoms with Crippen LogP contribution in [0.5, 0.6) is 0 Å². The van der Waals surface area contributed by atoms with Crippen molar-refractivity contribution in [2.75, 3.05) is 14.2 Å². The van der Waals surface area contributed by atoms with Gasteiger partial charge in [-0.1, -0.05) is 0 Å². The number of nitro benzene ring substituents is 1. The lowest BCUT2D eigenvalue weighted by molar-refractivity contribution is -0.384. The maximum Gasteiger partial charge on any atom is 0.360 e. The van der Waals surface area contributed by atoms with Crippen LogP contribution in [0.4, 0.5) is 5.69 Å². The van der Waals surface area contributed by atoms with E-state index >= 15 is 0 Å². The molecule has 0 atom stereocenters. The van der Waals surface area contributed by atoms with Gasteiger partial charge in [0.15, 0.2) is 0 Å². The van der Waals surface area contributed by atoms with Gasteiger partial charge in [0.25, 0.3) is 5.69 Å². The van der Waals surface area contributed by atoms with Crippen LogP contribution < -0.4 is 5.30 Å². The maximum atomic E-state index is 11.8. The van der Waals surface area contributed by atoms with Crippen LogP contribution in [0.3, 0.4) is 0 Å². The first kappa shape index (κ1) is 11.8. The van der Waals surface area contributed by atoms with Crippen molar-refractivity contribution in [2.24, 2.45) is 0 Å². The number of rotatable bonds is 4. The summed E-state index contributed by atoms with van der Waals surface area (Å²) in [6.45, 7) is 0. The zero-order chi connectivity index (χ0) is 11.5. The number of non-ortho nitro benzene ring substituents is 1. The molecule has 1 rings (SSSR count). The van der Waals surface area contributed by atoms with Gasteiger partial charge in [-0.3, -0.25) is 14.7 Å². The summed E-state index contributed by atoms with van der Waals surface area (Å²) in [6, 6.07) is 5.21. The van der Waals surface area contributed by atoms with Crippen molar-refractivity contribution in [3.63, 3.8) is 0 Å². The summed E-state index contributed by atoms with van der Waals surface area (Å²) in [4.78, 5) is 9.84. The highest BCUT2D eigenvalue weighted by molar-refractivity contribution is 7.62. The summed E-state index contributed by atoms with van der Waals surface area (Å²) >= 11 is 0.